The number of rotatable bonds is 6. The Labute approximate surface area is 142 Å². The molecule has 3 rings (SSSR count). The zero-order valence-electron chi connectivity index (χ0n) is 12.3. The molecule has 6 nitrogen and oxygen atoms in total. The highest BCUT2D eigenvalue weighted by Crippen LogP contribution is 2.28. The van der Waals surface area contributed by atoms with Crippen molar-refractivity contribution < 1.29 is 9.47 Å². The van der Waals surface area contributed by atoms with Crippen molar-refractivity contribution in [1.82, 2.24) is 14.9 Å². The van der Waals surface area contributed by atoms with E-state index < -0.39 is 0 Å². The number of methoxy groups -OCH3 is 1. The number of ether oxygens (including phenoxy) is 2. The second kappa shape index (κ2) is 7.21. The minimum atomic E-state index is 0.434. The van der Waals surface area contributed by atoms with Crippen molar-refractivity contribution in [2.75, 3.05) is 7.11 Å². The van der Waals surface area contributed by atoms with Gasteiger partial charge in [-0.05, 0) is 47.4 Å². The predicted molar refractivity (Wildman–Crippen MR) is 92.0 cm³/mol. The first-order valence-corrected chi connectivity index (χ1v) is 8.04. The molecule has 0 fully saturated rings. The topological polar surface area (TPSA) is 64.4 Å². The lowest BCUT2D eigenvalue weighted by atomic mass is 10.2. The van der Waals surface area contributed by atoms with Crippen LogP contribution in [0.5, 0.6) is 11.5 Å². The van der Waals surface area contributed by atoms with Crippen molar-refractivity contribution in [3.8, 4) is 11.5 Å². The molecule has 0 bridgehead atoms. The van der Waals surface area contributed by atoms with Crippen molar-refractivity contribution in [2.24, 2.45) is 5.10 Å². The fraction of sp³-hybridized carbons (Fsp3) is 0.133. The normalized spacial score (nSPS) is 11.0. The molecule has 2 heterocycles. The maximum absolute atomic E-state index is 5.80. The first-order valence-electron chi connectivity index (χ1n) is 6.76. The summed E-state index contributed by atoms with van der Waals surface area (Å²) in [7, 11) is 1.61. The lowest BCUT2D eigenvalue weighted by Crippen LogP contribution is -1.97. The Balaban J connectivity index is 1.75. The Hall–Kier alpha value is -2.45. The lowest BCUT2D eigenvalue weighted by molar-refractivity contribution is 0.287. The van der Waals surface area contributed by atoms with E-state index in [1.54, 1.807) is 24.7 Å². The number of nitrogens with one attached hydrogen (secondary N) is 1. The summed E-state index contributed by atoms with van der Waals surface area (Å²) in [5, 5.41) is 12.7. The summed E-state index contributed by atoms with van der Waals surface area (Å²) >= 11 is 6.69. The average molecular weight is 346 g/mol. The van der Waals surface area contributed by atoms with Crippen molar-refractivity contribution in [3.63, 3.8) is 0 Å². The van der Waals surface area contributed by atoms with Crippen LogP contribution >= 0.6 is 23.6 Å². The minimum absolute atomic E-state index is 0.434. The van der Waals surface area contributed by atoms with Gasteiger partial charge in [-0.3, -0.25) is 5.10 Å². The molecular weight excluding hydrogens is 332 g/mol. The van der Waals surface area contributed by atoms with Crippen LogP contribution in [-0.4, -0.2) is 28.2 Å². The molecule has 0 spiro atoms. The Kier molecular flexibility index (Phi) is 4.84. The van der Waals surface area contributed by atoms with Gasteiger partial charge >= 0.3 is 0 Å². The number of aromatic amines is 1. The SMILES string of the molecule is COc1cc(/C=N\n2cn[nH]c2=S)ccc1OCc1cccs1. The van der Waals surface area contributed by atoms with Crippen LogP contribution in [0.3, 0.4) is 0 Å². The maximum Gasteiger partial charge on any atom is 0.216 e. The van der Waals surface area contributed by atoms with Gasteiger partial charge in [0, 0.05) is 4.88 Å². The fourth-order valence-corrected chi connectivity index (χ4v) is 2.64. The largest absolute Gasteiger partial charge is 0.493 e. The molecule has 0 aliphatic rings. The summed E-state index contributed by atoms with van der Waals surface area (Å²) in [5.41, 5.74) is 0.869. The number of nitrogens with zero attached hydrogens (tertiary/aromatic N) is 3. The third kappa shape index (κ3) is 3.85. The highest BCUT2D eigenvalue weighted by Gasteiger charge is 2.06. The molecule has 1 aromatic carbocycles. The summed E-state index contributed by atoms with van der Waals surface area (Å²) < 4.78 is 13.1. The molecule has 0 saturated heterocycles. The van der Waals surface area contributed by atoms with Crippen molar-refractivity contribution in [3.05, 3.63) is 57.3 Å². The third-order valence-electron chi connectivity index (χ3n) is 3.00. The molecule has 0 saturated carbocycles. The van der Waals surface area contributed by atoms with Crippen molar-refractivity contribution in [2.45, 2.75) is 6.61 Å². The second-order valence-corrected chi connectivity index (χ2v) is 5.95. The smallest absolute Gasteiger partial charge is 0.216 e. The standard InChI is InChI=1S/C15H14N4O2S2/c1-20-14-7-11(8-17-19-10-16-18-15(19)22)4-5-13(14)21-9-12-3-2-6-23-12/h2-8,10H,9H2,1H3,(H,18,22)/b17-8-. The van der Waals surface area contributed by atoms with Gasteiger partial charge in [-0.1, -0.05) is 6.07 Å². The van der Waals surface area contributed by atoms with Crippen molar-refractivity contribution >= 4 is 29.8 Å². The molecule has 0 radical (unpaired) electrons. The Morgan fingerprint density at radius 3 is 3.00 bits per heavy atom. The first-order chi connectivity index (χ1) is 11.3. The van der Waals surface area contributed by atoms with Crippen LogP contribution in [0.25, 0.3) is 0 Å². The Bertz CT molecular complexity index is 852. The van der Waals surface area contributed by atoms with E-state index in [1.165, 1.54) is 11.0 Å². The first kappa shape index (κ1) is 15.4. The van der Waals surface area contributed by atoms with Gasteiger partial charge in [0.15, 0.2) is 11.5 Å². The molecule has 0 aliphatic heterocycles. The maximum atomic E-state index is 5.80. The summed E-state index contributed by atoms with van der Waals surface area (Å²) in [6.45, 7) is 0.519. The number of hydrogen-bond donors (Lipinski definition) is 1. The molecule has 0 atom stereocenters. The molecule has 0 amide bonds. The molecule has 8 heteroatoms. The van der Waals surface area contributed by atoms with Crippen LogP contribution in [0.2, 0.25) is 0 Å². The van der Waals surface area contributed by atoms with Crippen LogP contribution in [0.1, 0.15) is 10.4 Å². The average Bonchev–Trinajstić information content (AvgIpc) is 3.23. The molecule has 1 N–H and O–H groups in total. The zero-order valence-corrected chi connectivity index (χ0v) is 13.9. The van der Waals surface area contributed by atoms with Gasteiger partial charge in [0.25, 0.3) is 0 Å². The van der Waals surface area contributed by atoms with Crippen LogP contribution in [0, 0.1) is 4.77 Å². The summed E-state index contributed by atoms with van der Waals surface area (Å²) in [5.74, 6) is 1.35. The van der Waals surface area contributed by atoms with E-state index in [9.17, 15) is 0 Å². The monoisotopic (exact) mass is 346 g/mol. The van der Waals surface area contributed by atoms with Gasteiger partial charge in [-0.2, -0.15) is 14.9 Å². The van der Waals surface area contributed by atoms with E-state index in [4.69, 9.17) is 21.7 Å². The van der Waals surface area contributed by atoms with E-state index in [2.05, 4.69) is 15.3 Å². The molecule has 23 heavy (non-hydrogen) atoms. The van der Waals surface area contributed by atoms with Crippen LogP contribution in [0.4, 0.5) is 0 Å². The molecule has 118 valence electrons. The quantitative estimate of drug-likeness (QED) is 0.548. The van der Waals surface area contributed by atoms with E-state index in [0.717, 1.165) is 10.4 Å². The van der Waals surface area contributed by atoms with Gasteiger partial charge in [-0.25, -0.2) is 0 Å². The molecule has 0 unspecified atom stereocenters. The zero-order chi connectivity index (χ0) is 16.1. The number of hydrogen-bond acceptors (Lipinski definition) is 6. The van der Waals surface area contributed by atoms with Gasteiger partial charge in [-0.15, -0.1) is 11.3 Å². The van der Waals surface area contributed by atoms with Gasteiger partial charge < -0.3 is 9.47 Å². The highest BCUT2D eigenvalue weighted by atomic mass is 32.1. The van der Waals surface area contributed by atoms with Crippen LogP contribution in [-0.2, 0) is 6.61 Å². The minimum Gasteiger partial charge on any atom is -0.493 e. The van der Waals surface area contributed by atoms with Gasteiger partial charge in [0.05, 0.1) is 13.3 Å². The number of benzene rings is 1. The second-order valence-electron chi connectivity index (χ2n) is 4.53. The van der Waals surface area contributed by atoms with Crippen LogP contribution in [0.15, 0.2) is 47.1 Å². The Morgan fingerprint density at radius 2 is 2.30 bits per heavy atom. The highest BCUT2D eigenvalue weighted by molar-refractivity contribution is 7.71. The van der Waals surface area contributed by atoms with E-state index in [1.807, 2.05) is 35.7 Å². The fourth-order valence-electron chi connectivity index (χ4n) is 1.88. The third-order valence-corrected chi connectivity index (χ3v) is 4.13. The van der Waals surface area contributed by atoms with E-state index >= 15 is 0 Å². The summed E-state index contributed by atoms with van der Waals surface area (Å²) in [6, 6.07) is 9.66. The predicted octanol–water partition coefficient (Wildman–Crippen LogP) is 3.47. The number of H-pyrrole nitrogens is 1. The van der Waals surface area contributed by atoms with Gasteiger partial charge in [0.2, 0.25) is 4.77 Å². The summed E-state index contributed by atoms with van der Waals surface area (Å²) in [6.07, 6.45) is 3.19. The lowest BCUT2D eigenvalue weighted by Gasteiger charge is -2.10. The van der Waals surface area contributed by atoms with Gasteiger partial charge in [0.1, 0.15) is 12.9 Å². The molecule has 2 aromatic heterocycles. The summed E-state index contributed by atoms with van der Waals surface area (Å²) in [4.78, 5) is 1.16. The molecule has 0 aliphatic carbocycles. The number of thiophene rings is 1. The van der Waals surface area contributed by atoms with Crippen molar-refractivity contribution in [1.29, 1.82) is 0 Å². The molecular formula is C15H14N4O2S2. The van der Waals surface area contributed by atoms with Crippen LogP contribution < -0.4 is 9.47 Å². The Morgan fingerprint density at radius 1 is 1.39 bits per heavy atom. The van der Waals surface area contributed by atoms with E-state index in [-0.39, 0.29) is 0 Å². The molecule has 3 aromatic rings. The number of aromatic nitrogens is 3. The van der Waals surface area contributed by atoms with E-state index in [0.29, 0.717) is 22.9 Å².